The average molecular weight is 238 g/mol. The van der Waals surface area contributed by atoms with Crippen molar-refractivity contribution in [3.63, 3.8) is 0 Å². The summed E-state index contributed by atoms with van der Waals surface area (Å²) in [6, 6.07) is 3.45. The Labute approximate surface area is 99.0 Å². The summed E-state index contributed by atoms with van der Waals surface area (Å²) in [7, 11) is 0. The third-order valence-electron chi connectivity index (χ3n) is 2.95. The van der Waals surface area contributed by atoms with E-state index in [1.165, 1.54) is 6.07 Å². The van der Waals surface area contributed by atoms with Crippen molar-refractivity contribution in [3.05, 3.63) is 29.6 Å². The minimum absolute atomic E-state index is 0.0266. The summed E-state index contributed by atoms with van der Waals surface area (Å²) in [5.74, 6) is -1.02. The van der Waals surface area contributed by atoms with E-state index < -0.39 is 5.82 Å². The monoisotopic (exact) mass is 238 g/mol. The van der Waals surface area contributed by atoms with Gasteiger partial charge in [-0.15, -0.1) is 0 Å². The van der Waals surface area contributed by atoms with Crippen LogP contribution in [0, 0.1) is 5.82 Å². The fraction of sp³-hybridized carbons (Fsp3) is 0.417. The number of halogens is 1. The molecule has 0 aliphatic carbocycles. The van der Waals surface area contributed by atoms with Crippen LogP contribution in [-0.4, -0.2) is 41.6 Å². The quantitative estimate of drug-likeness (QED) is 0.766. The largest absolute Gasteiger partial charge is 0.507 e. The van der Waals surface area contributed by atoms with Crippen molar-refractivity contribution in [1.82, 2.24) is 10.2 Å². The van der Waals surface area contributed by atoms with Crippen molar-refractivity contribution >= 4 is 5.91 Å². The number of hydrogen-bond acceptors (Lipinski definition) is 3. The van der Waals surface area contributed by atoms with Gasteiger partial charge in [0.05, 0.1) is 5.56 Å². The number of benzene rings is 1. The van der Waals surface area contributed by atoms with Crippen LogP contribution in [0.5, 0.6) is 5.75 Å². The Morgan fingerprint density at radius 1 is 1.59 bits per heavy atom. The van der Waals surface area contributed by atoms with Crippen LogP contribution in [-0.2, 0) is 0 Å². The van der Waals surface area contributed by atoms with Crippen LogP contribution in [0.15, 0.2) is 18.2 Å². The maximum Gasteiger partial charge on any atom is 0.258 e. The summed E-state index contributed by atoms with van der Waals surface area (Å²) in [6.07, 6.45) is 0. The first kappa shape index (κ1) is 11.9. The third-order valence-corrected chi connectivity index (χ3v) is 2.95. The highest BCUT2D eigenvalue weighted by Crippen LogP contribution is 2.21. The Kier molecular flexibility index (Phi) is 3.28. The van der Waals surface area contributed by atoms with Crippen LogP contribution in [0.25, 0.3) is 0 Å². The molecule has 0 saturated carbocycles. The van der Waals surface area contributed by atoms with E-state index in [4.69, 9.17) is 0 Å². The number of hydrogen-bond donors (Lipinski definition) is 2. The van der Waals surface area contributed by atoms with Gasteiger partial charge in [0.1, 0.15) is 11.6 Å². The summed E-state index contributed by atoms with van der Waals surface area (Å²) in [6.45, 7) is 3.91. The predicted molar refractivity (Wildman–Crippen MR) is 61.4 cm³/mol. The van der Waals surface area contributed by atoms with Crippen molar-refractivity contribution in [1.29, 1.82) is 0 Å². The number of rotatable bonds is 1. The van der Waals surface area contributed by atoms with E-state index in [9.17, 15) is 14.3 Å². The molecule has 1 aromatic rings. The molecule has 0 radical (unpaired) electrons. The molecule has 1 heterocycles. The van der Waals surface area contributed by atoms with Gasteiger partial charge >= 0.3 is 0 Å². The number of aromatic hydroxyl groups is 1. The summed E-state index contributed by atoms with van der Waals surface area (Å²) in [4.78, 5) is 13.8. The van der Waals surface area contributed by atoms with Gasteiger partial charge in [0.15, 0.2) is 0 Å². The molecule has 1 amide bonds. The van der Waals surface area contributed by atoms with E-state index >= 15 is 0 Å². The number of carbonyl (C=O) groups is 1. The molecule has 1 aliphatic rings. The number of nitrogens with one attached hydrogen (secondary N) is 1. The van der Waals surface area contributed by atoms with Crippen molar-refractivity contribution < 1.29 is 14.3 Å². The molecule has 1 atom stereocenters. The molecule has 1 aromatic carbocycles. The summed E-state index contributed by atoms with van der Waals surface area (Å²) >= 11 is 0. The highest BCUT2D eigenvalue weighted by atomic mass is 19.1. The normalized spacial score (nSPS) is 20.4. The van der Waals surface area contributed by atoms with Gasteiger partial charge < -0.3 is 15.3 Å². The molecule has 2 N–H and O–H groups in total. The summed E-state index contributed by atoms with van der Waals surface area (Å²) < 4.78 is 13.1. The maximum absolute atomic E-state index is 13.1. The van der Waals surface area contributed by atoms with Gasteiger partial charge in [-0.1, -0.05) is 0 Å². The van der Waals surface area contributed by atoms with E-state index in [0.717, 1.165) is 12.1 Å². The van der Waals surface area contributed by atoms with Crippen LogP contribution in [0.2, 0.25) is 0 Å². The van der Waals surface area contributed by atoms with E-state index in [1.54, 1.807) is 4.90 Å². The van der Waals surface area contributed by atoms with Gasteiger partial charge in [0, 0.05) is 25.7 Å². The second-order valence-corrected chi connectivity index (χ2v) is 4.21. The highest BCUT2D eigenvalue weighted by molar-refractivity contribution is 5.97. The van der Waals surface area contributed by atoms with Gasteiger partial charge in [-0.2, -0.15) is 0 Å². The Morgan fingerprint density at radius 2 is 2.35 bits per heavy atom. The van der Waals surface area contributed by atoms with Crippen LogP contribution >= 0.6 is 0 Å². The lowest BCUT2D eigenvalue weighted by atomic mass is 10.1. The zero-order chi connectivity index (χ0) is 12.4. The van der Waals surface area contributed by atoms with Gasteiger partial charge in [-0.25, -0.2) is 4.39 Å². The number of carbonyl (C=O) groups excluding carboxylic acids is 1. The predicted octanol–water partition coefficient (Wildman–Crippen LogP) is 0.965. The molecule has 0 aromatic heterocycles. The highest BCUT2D eigenvalue weighted by Gasteiger charge is 2.25. The van der Waals surface area contributed by atoms with Crippen molar-refractivity contribution in [2.24, 2.45) is 0 Å². The molecule has 17 heavy (non-hydrogen) atoms. The molecular weight excluding hydrogens is 223 g/mol. The SMILES string of the molecule is C[C@@H]1CNCCN1C(=O)c1cc(F)ccc1O. The Balaban J connectivity index is 2.26. The molecule has 1 saturated heterocycles. The molecule has 1 aliphatic heterocycles. The number of piperazine rings is 1. The second-order valence-electron chi connectivity index (χ2n) is 4.21. The molecule has 1 fully saturated rings. The van der Waals surface area contributed by atoms with E-state index in [2.05, 4.69) is 5.32 Å². The Hall–Kier alpha value is -1.62. The Morgan fingerprint density at radius 3 is 3.06 bits per heavy atom. The third kappa shape index (κ3) is 2.39. The van der Waals surface area contributed by atoms with Gasteiger partial charge in [0.2, 0.25) is 0 Å². The fourth-order valence-electron chi connectivity index (χ4n) is 1.98. The van der Waals surface area contributed by atoms with E-state index in [-0.39, 0.29) is 23.3 Å². The molecule has 0 spiro atoms. The summed E-state index contributed by atoms with van der Waals surface area (Å²) in [5, 5.41) is 12.8. The summed E-state index contributed by atoms with van der Waals surface area (Å²) in [5.41, 5.74) is 0.0266. The Bertz CT molecular complexity index is 437. The number of phenolic OH excluding ortho intramolecular Hbond substituents is 1. The van der Waals surface area contributed by atoms with Crippen LogP contribution < -0.4 is 5.32 Å². The molecular formula is C12H15FN2O2. The smallest absolute Gasteiger partial charge is 0.258 e. The first-order chi connectivity index (χ1) is 8.09. The van der Waals surface area contributed by atoms with E-state index in [1.807, 2.05) is 6.92 Å². The zero-order valence-corrected chi connectivity index (χ0v) is 9.61. The molecule has 0 bridgehead atoms. The van der Waals surface area contributed by atoms with Crippen LogP contribution in [0.4, 0.5) is 4.39 Å². The standard InChI is InChI=1S/C12H15FN2O2/c1-8-7-14-4-5-15(8)12(17)10-6-9(13)2-3-11(10)16/h2-3,6,8,14,16H,4-5,7H2,1H3/t8-/m1/s1. The lowest BCUT2D eigenvalue weighted by Gasteiger charge is -2.34. The zero-order valence-electron chi connectivity index (χ0n) is 9.61. The molecule has 5 heteroatoms. The molecule has 92 valence electrons. The molecule has 4 nitrogen and oxygen atoms in total. The van der Waals surface area contributed by atoms with Crippen LogP contribution in [0.3, 0.4) is 0 Å². The minimum atomic E-state index is -0.520. The minimum Gasteiger partial charge on any atom is -0.507 e. The van der Waals surface area contributed by atoms with Crippen LogP contribution in [0.1, 0.15) is 17.3 Å². The van der Waals surface area contributed by atoms with E-state index in [0.29, 0.717) is 19.6 Å². The lowest BCUT2D eigenvalue weighted by Crippen LogP contribution is -2.52. The fourth-order valence-corrected chi connectivity index (χ4v) is 1.98. The van der Waals surface area contributed by atoms with Gasteiger partial charge in [0.25, 0.3) is 5.91 Å². The topological polar surface area (TPSA) is 52.6 Å². The van der Waals surface area contributed by atoms with Crippen molar-refractivity contribution in [2.75, 3.05) is 19.6 Å². The first-order valence-corrected chi connectivity index (χ1v) is 5.60. The number of nitrogens with zero attached hydrogens (tertiary/aromatic N) is 1. The number of amides is 1. The first-order valence-electron chi connectivity index (χ1n) is 5.60. The average Bonchev–Trinajstić information content (AvgIpc) is 2.32. The molecule has 0 unspecified atom stereocenters. The van der Waals surface area contributed by atoms with Crippen molar-refractivity contribution in [2.45, 2.75) is 13.0 Å². The lowest BCUT2D eigenvalue weighted by molar-refractivity contribution is 0.0652. The molecule has 2 rings (SSSR count). The van der Waals surface area contributed by atoms with Gasteiger partial charge in [-0.3, -0.25) is 4.79 Å². The van der Waals surface area contributed by atoms with Gasteiger partial charge in [-0.05, 0) is 25.1 Å². The second kappa shape index (κ2) is 4.71. The van der Waals surface area contributed by atoms with Crippen molar-refractivity contribution in [3.8, 4) is 5.75 Å². The maximum atomic E-state index is 13.1. The number of phenols is 1.